The molecule has 2 aromatic rings. The maximum Gasteiger partial charge on any atom is 0.416 e. The van der Waals surface area contributed by atoms with E-state index in [9.17, 15) is 26.3 Å². The molecule has 0 aromatic heterocycles. The fraction of sp³-hybridized carbons (Fsp3) is 0.200. The summed E-state index contributed by atoms with van der Waals surface area (Å²) in [4.78, 5) is 0. The standard InChI is InChI=1S/C15H10F6O/c1-9-3-2-4-12(5-9)22-13-7-10(14(16,17)18)6-11(8-13)15(19,20)21/h2-8H,1H3. The van der Waals surface area contributed by atoms with Gasteiger partial charge in [0.25, 0.3) is 0 Å². The van der Waals surface area contributed by atoms with Gasteiger partial charge >= 0.3 is 12.4 Å². The number of halogens is 6. The van der Waals surface area contributed by atoms with Gasteiger partial charge in [-0.25, -0.2) is 0 Å². The number of benzene rings is 2. The second-order valence-corrected chi connectivity index (χ2v) is 4.66. The molecule has 0 spiro atoms. The van der Waals surface area contributed by atoms with E-state index in [1.807, 2.05) is 0 Å². The molecule has 0 bridgehead atoms. The SMILES string of the molecule is Cc1cccc(Oc2cc(C(F)(F)F)cc(C(F)(F)F)c2)c1. The highest BCUT2D eigenvalue weighted by Crippen LogP contribution is 2.39. The van der Waals surface area contributed by atoms with Gasteiger partial charge in [-0.15, -0.1) is 0 Å². The van der Waals surface area contributed by atoms with E-state index in [-0.39, 0.29) is 11.8 Å². The molecule has 0 atom stereocenters. The molecule has 0 aliphatic heterocycles. The largest absolute Gasteiger partial charge is 0.457 e. The van der Waals surface area contributed by atoms with Gasteiger partial charge in [0, 0.05) is 0 Å². The topological polar surface area (TPSA) is 9.23 Å². The molecule has 0 fully saturated rings. The van der Waals surface area contributed by atoms with Crippen LogP contribution in [-0.2, 0) is 12.4 Å². The van der Waals surface area contributed by atoms with Gasteiger partial charge in [-0.1, -0.05) is 12.1 Å². The zero-order chi connectivity index (χ0) is 16.5. The minimum atomic E-state index is -4.90. The Morgan fingerprint density at radius 3 is 1.73 bits per heavy atom. The van der Waals surface area contributed by atoms with Gasteiger partial charge < -0.3 is 4.74 Å². The molecular formula is C15H10F6O. The smallest absolute Gasteiger partial charge is 0.416 e. The lowest BCUT2D eigenvalue weighted by Gasteiger charge is -2.14. The van der Waals surface area contributed by atoms with E-state index >= 15 is 0 Å². The van der Waals surface area contributed by atoms with Crippen molar-refractivity contribution < 1.29 is 31.1 Å². The van der Waals surface area contributed by atoms with Crippen LogP contribution in [0.25, 0.3) is 0 Å². The molecule has 0 aliphatic rings. The molecule has 0 amide bonds. The summed E-state index contributed by atoms with van der Waals surface area (Å²) in [5.41, 5.74) is -2.06. The van der Waals surface area contributed by atoms with Crippen LogP contribution in [0.2, 0.25) is 0 Å². The summed E-state index contributed by atoms with van der Waals surface area (Å²) in [5, 5.41) is 0. The van der Waals surface area contributed by atoms with E-state index in [0.717, 1.165) is 5.56 Å². The molecule has 0 aliphatic carbocycles. The van der Waals surface area contributed by atoms with Crippen molar-refractivity contribution in [1.82, 2.24) is 0 Å². The van der Waals surface area contributed by atoms with Crippen molar-refractivity contribution in [1.29, 1.82) is 0 Å². The Hall–Kier alpha value is -2.18. The second kappa shape index (κ2) is 5.55. The second-order valence-electron chi connectivity index (χ2n) is 4.66. The van der Waals surface area contributed by atoms with Crippen molar-refractivity contribution in [2.45, 2.75) is 19.3 Å². The van der Waals surface area contributed by atoms with Crippen molar-refractivity contribution in [3.63, 3.8) is 0 Å². The first-order valence-corrected chi connectivity index (χ1v) is 6.10. The van der Waals surface area contributed by atoms with Crippen molar-refractivity contribution in [2.24, 2.45) is 0 Å². The third kappa shape index (κ3) is 3.93. The summed E-state index contributed by atoms with van der Waals surface area (Å²) in [6, 6.07) is 7.40. The first-order valence-electron chi connectivity index (χ1n) is 6.10. The molecule has 0 saturated carbocycles. The summed E-state index contributed by atoms with van der Waals surface area (Å²) in [6.45, 7) is 1.72. The van der Waals surface area contributed by atoms with Crippen LogP contribution in [0.4, 0.5) is 26.3 Å². The molecule has 7 heteroatoms. The Balaban J connectivity index is 2.46. The molecule has 0 radical (unpaired) electrons. The van der Waals surface area contributed by atoms with E-state index in [4.69, 9.17) is 4.74 Å². The quantitative estimate of drug-likeness (QED) is 0.633. The highest BCUT2D eigenvalue weighted by Gasteiger charge is 2.37. The Kier molecular flexibility index (Phi) is 4.08. The highest BCUT2D eigenvalue weighted by atomic mass is 19.4. The van der Waals surface area contributed by atoms with Crippen LogP contribution in [0.1, 0.15) is 16.7 Å². The van der Waals surface area contributed by atoms with Crippen molar-refractivity contribution in [3.8, 4) is 11.5 Å². The Labute approximate surface area is 122 Å². The van der Waals surface area contributed by atoms with Gasteiger partial charge in [0.1, 0.15) is 11.5 Å². The average Bonchev–Trinajstić information content (AvgIpc) is 2.36. The van der Waals surface area contributed by atoms with Crippen LogP contribution in [0.15, 0.2) is 42.5 Å². The van der Waals surface area contributed by atoms with Crippen LogP contribution in [0.5, 0.6) is 11.5 Å². The molecule has 2 aromatic carbocycles. The van der Waals surface area contributed by atoms with Gasteiger partial charge in [0.15, 0.2) is 0 Å². The number of alkyl halides is 6. The number of aryl methyl sites for hydroxylation is 1. The first-order chi connectivity index (χ1) is 10.1. The molecule has 2 rings (SSSR count). The van der Waals surface area contributed by atoms with E-state index < -0.39 is 29.2 Å². The Morgan fingerprint density at radius 2 is 1.27 bits per heavy atom. The summed E-state index contributed by atoms with van der Waals surface area (Å²) in [7, 11) is 0. The monoisotopic (exact) mass is 320 g/mol. The lowest BCUT2D eigenvalue weighted by atomic mass is 10.1. The van der Waals surface area contributed by atoms with Crippen LogP contribution in [-0.4, -0.2) is 0 Å². The average molecular weight is 320 g/mol. The molecular weight excluding hydrogens is 310 g/mol. The number of ether oxygens (including phenoxy) is 1. The van der Waals surface area contributed by atoms with Gasteiger partial charge in [-0.05, 0) is 42.8 Å². The van der Waals surface area contributed by atoms with Crippen LogP contribution in [0.3, 0.4) is 0 Å². The summed E-state index contributed by atoms with van der Waals surface area (Å²) >= 11 is 0. The van der Waals surface area contributed by atoms with Gasteiger partial charge in [0.05, 0.1) is 11.1 Å². The normalized spacial score (nSPS) is 12.3. The molecule has 0 saturated heterocycles. The van der Waals surface area contributed by atoms with Gasteiger partial charge in [0.2, 0.25) is 0 Å². The van der Waals surface area contributed by atoms with Crippen molar-refractivity contribution >= 4 is 0 Å². The van der Waals surface area contributed by atoms with E-state index in [1.54, 1.807) is 19.1 Å². The third-order valence-corrected chi connectivity index (χ3v) is 2.79. The van der Waals surface area contributed by atoms with Crippen LogP contribution >= 0.6 is 0 Å². The van der Waals surface area contributed by atoms with Crippen LogP contribution < -0.4 is 4.74 Å². The van der Waals surface area contributed by atoms with E-state index in [1.165, 1.54) is 12.1 Å². The fourth-order valence-corrected chi connectivity index (χ4v) is 1.80. The maximum atomic E-state index is 12.7. The Morgan fingerprint density at radius 1 is 0.727 bits per heavy atom. The van der Waals surface area contributed by atoms with E-state index in [2.05, 4.69) is 0 Å². The molecule has 0 heterocycles. The third-order valence-electron chi connectivity index (χ3n) is 2.79. The van der Waals surface area contributed by atoms with Crippen molar-refractivity contribution in [3.05, 3.63) is 59.2 Å². The first kappa shape index (κ1) is 16.2. The van der Waals surface area contributed by atoms with Crippen LogP contribution in [0, 0.1) is 6.92 Å². The zero-order valence-electron chi connectivity index (χ0n) is 11.2. The minimum Gasteiger partial charge on any atom is -0.457 e. The molecule has 0 N–H and O–H groups in total. The molecule has 22 heavy (non-hydrogen) atoms. The summed E-state index contributed by atoms with van der Waals surface area (Å²) < 4.78 is 81.4. The number of hydrogen-bond acceptors (Lipinski definition) is 1. The maximum absolute atomic E-state index is 12.7. The lowest BCUT2D eigenvalue weighted by Crippen LogP contribution is -2.11. The fourth-order valence-electron chi connectivity index (χ4n) is 1.80. The van der Waals surface area contributed by atoms with Gasteiger partial charge in [-0.3, -0.25) is 0 Å². The molecule has 0 unspecified atom stereocenters. The highest BCUT2D eigenvalue weighted by molar-refractivity contribution is 5.40. The van der Waals surface area contributed by atoms with Gasteiger partial charge in [-0.2, -0.15) is 26.3 Å². The molecule has 1 nitrogen and oxygen atoms in total. The minimum absolute atomic E-state index is 0.0586. The Bertz CT molecular complexity index is 640. The number of hydrogen-bond donors (Lipinski definition) is 0. The summed E-state index contributed by atoms with van der Waals surface area (Å²) in [5.74, 6) is -0.361. The van der Waals surface area contributed by atoms with E-state index in [0.29, 0.717) is 12.1 Å². The summed E-state index contributed by atoms with van der Waals surface area (Å²) in [6.07, 6.45) is -9.79. The lowest BCUT2D eigenvalue weighted by molar-refractivity contribution is -0.143. The predicted octanol–water partition coefficient (Wildman–Crippen LogP) is 5.82. The number of rotatable bonds is 2. The zero-order valence-corrected chi connectivity index (χ0v) is 11.2. The molecule has 118 valence electrons. The van der Waals surface area contributed by atoms with Crippen molar-refractivity contribution in [2.75, 3.05) is 0 Å². The predicted molar refractivity (Wildman–Crippen MR) is 67.7 cm³/mol.